The maximum Gasteiger partial charge on any atom is 0.495 e. The van der Waals surface area contributed by atoms with Crippen molar-refractivity contribution in [3.05, 3.63) is 56.5 Å². The summed E-state index contributed by atoms with van der Waals surface area (Å²) in [5.41, 5.74) is 1.54. The third-order valence-corrected chi connectivity index (χ3v) is 15.3. The number of halogens is 2. The maximum absolute atomic E-state index is 6.23. The molecule has 4 saturated heterocycles. The van der Waals surface area contributed by atoms with Crippen molar-refractivity contribution in [2.24, 2.45) is 0 Å². The average Bonchev–Trinajstić information content (AvgIpc) is 3.85. The fourth-order valence-corrected chi connectivity index (χ4v) is 7.27. The Bertz CT molecular complexity index is 2840. The summed E-state index contributed by atoms with van der Waals surface area (Å²) in [4.78, 5) is 0. The van der Waals surface area contributed by atoms with Crippen molar-refractivity contribution >= 4 is 71.0 Å². The Morgan fingerprint density at radius 1 is 0.333 bits per heavy atom. The van der Waals surface area contributed by atoms with Gasteiger partial charge in [0.1, 0.15) is 0 Å². The van der Waals surface area contributed by atoms with E-state index in [9.17, 15) is 0 Å². The minimum atomic E-state index is -0.476. The molecule has 0 amide bonds. The van der Waals surface area contributed by atoms with E-state index in [1.165, 1.54) is 5.56 Å². The smallest absolute Gasteiger partial charge is 0.405 e. The Kier molecular flexibility index (Phi) is 24.1. The van der Waals surface area contributed by atoms with Crippen molar-refractivity contribution in [1.82, 2.24) is 0 Å². The van der Waals surface area contributed by atoms with Gasteiger partial charge in [-0.1, -0.05) is 69.1 Å². The van der Waals surface area contributed by atoms with Gasteiger partial charge in [-0.2, -0.15) is 0 Å². The van der Waals surface area contributed by atoms with Crippen LogP contribution in [-0.2, 0) is 37.2 Å². The number of hydrogen-bond acceptors (Lipinski definition) is 8. The molecule has 0 spiro atoms. The van der Waals surface area contributed by atoms with Gasteiger partial charge in [0, 0.05) is 32.6 Å². The first-order valence-corrected chi connectivity index (χ1v) is 25.2. The molecule has 0 aliphatic carbocycles. The van der Waals surface area contributed by atoms with Crippen LogP contribution in [0.5, 0.6) is 0 Å². The van der Waals surface area contributed by atoms with Crippen LogP contribution in [0.25, 0.3) is 0 Å². The summed E-state index contributed by atoms with van der Waals surface area (Å²) in [6.07, 6.45) is 9.80. The van der Waals surface area contributed by atoms with Crippen LogP contribution < -0.4 is 10.9 Å². The molecule has 4 aliphatic rings. The van der Waals surface area contributed by atoms with E-state index >= 15 is 0 Å². The molecule has 384 valence electrons. The van der Waals surface area contributed by atoms with Gasteiger partial charge in [-0.3, -0.25) is 0 Å². The van der Waals surface area contributed by atoms with Crippen molar-refractivity contribution in [3.8, 4) is 131 Å². The zero-order valence-electron chi connectivity index (χ0n) is 46.0. The zero-order valence-corrected chi connectivity index (χ0v) is 49.1. The van der Waals surface area contributed by atoms with Crippen molar-refractivity contribution in [2.75, 3.05) is 0 Å². The molecule has 4 heterocycles. The standard InChI is InChI=1S/C22H2.C19H30B2O4.C12H24B2O4.C7H6Br2.CH4/c1-3-5-7-9-11-13-15-17-19-21-22-20-18-16-14-12-10-8-6-4-2;1-13-14(20-22-16(2,3)17(4,5)23-20)11-10-12-15(13)21-24-18(6,7)19(8,9)25-21;1-9(2)10(3,4)16-13(15-9)14-17-11(5,6)12(7,8)18-14;1-5-6(8)3-2-4-7(5)9;/h1-2H;10-12H,1-9H3;1-8H3;2-4H,1H3;1H4. The predicted octanol–water partition coefficient (Wildman–Crippen LogP) is 9.28. The summed E-state index contributed by atoms with van der Waals surface area (Å²) < 4.78 is 51.1. The van der Waals surface area contributed by atoms with E-state index in [0.29, 0.717) is 0 Å². The molecule has 2 aromatic rings. The van der Waals surface area contributed by atoms with Crippen LogP contribution in [0.15, 0.2) is 45.3 Å². The monoisotopic (exact) mass is 1130 g/mol. The Balaban J connectivity index is 0.000000356. The van der Waals surface area contributed by atoms with Gasteiger partial charge in [-0.15, -0.1) is 12.8 Å². The van der Waals surface area contributed by atoms with Gasteiger partial charge in [0.15, 0.2) is 0 Å². The lowest BCUT2D eigenvalue weighted by atomic mass is 9.49. The summed E-state index contributed by atoms with van der Waals surface area (Å²) >= 11 is 6.83. The Hall–Kier alpha value is -5.50. The third kappa shape index (κ3) is 18.1. The second-order valence-electron chi connectivity index (χ2n) is 20.9. The minimum Gasteiger partial charge on any atom is -0.405 e. The second-order valence-corrected chi connectivity index (χ2v) is 22.6. The van der Waals surface area contributed by atoms with E-state index < -0.39 is 14.0 Å². The largest absolute Gasteiger partial charge is 0.495 e. The molecular weight excluding hydrogens is 1060 g/mol. The Morgan fingerprint density at radius 3 is 0.747 bits per heavy atom. The second kappa shape index (κ2) is 27.5. The topological polar surface area (TPSA) is 73.8 Å². The normalized spacial score (nSPS) is 18.7. The van der Waals surface area contributed by atoms with Gasteiger partial charge >= 0.3 is 28.3 Å². The summed E-state index contributed by atoms with van der Waals surface area (Å²) in [5.74, 6) is 48.2. The first kappa shape index (κ1) is 65.6. The molecule has 0 atom stereocenters. The first-order valence-electron chi connectivity index (χ1n) is 23.6. The van der Waals surface area contributed by atoms with Gasteiger partial charge in [0.05, 0.1) is 44.8 Å². The van der Waals surface area contributed by atoms with Crippen LogP contribution >= 0.6 is 31.9 Å². The fourth-order valence-electron chi connectivity index (χ4n) is 6.28. The van der Waals surface area contributed by atoms with E-state index in [1.54, 1.807) is 0 Å². The van der Waals surface area contributed by atoms with E-state index in [0.717, 1.165) is 25.4 Å². The lowest BCUT2D eigenvalue weighted by Gasteiger charge is -2.32. The first-order chi connectivity index (χ1) is 34.3. The molecule has 75 heavy (non-hydrogen) atoms. The summed E-state index contributed by atoms with van der Waals surface area (Å²) in [7, 11) is -1.72. The lowest BCUT2D eigenvalue weighted by Crippen LogP contribution is -2.44. The Morgan fingerprint density at radius 2 is 0.533 bits per heavy atom. The van der Waals surface area contributed by atoms with Crippen molar-refractivity contribution in [1.29, 1.82) is 0 Å². The summed E-state index contributed by atoms with van der Waals surface area (Å²) in [6.45, 7) is 36.9. The Labute approximate surface area is 470 Å². The van der Waals surface area contributed by atoms with Gasteiger partial charge in [0.25, 0.3) is 0 Å². The molecular formula is C61H66B4Br2O8. The van der Waals surface area contributed by atoms with Crippen molar-refractivity contribution in [2.45, 2.75) is 177 Å². The van der Waals surface area contributed by atoms with E-state index in [1.807, 2.05) is 79.7 Å². The lowest BCUT2D eigenvalue weighted by molar-refractivity contribution is 0.00578. The van der Waals surface area contributed by atoms with Crippen LogP contribution in [0, 0.1) is 145 Å². The number of terminal acetylenes is 2. The summed E-state index contributed by atoms with van der Waals surface area (Å²) in [6, 6.07) is 12.2. The molecule has 0 radical (unpaired) electrons. The SMILES string of the molecule is C.C#CC#CC#CC#CC#CC#CC#CC#CC#CC#CC#C.CC1(C)OB(B2OC(C)(C)C(C)(C)O2)OC1(C)C.Cc1c(B2OC(C)(C)C(C)(C)O2)cccc1B1OC(C)(C)C(C)(C)O1.Cc1c(Br)cccc1Br. The molecule has 0 unspecified atom stereocenters. The van der Waals surface area contributed by atoms with Crippen LogP contribution in [0.3, 0.4) is 0 Å². The molecule has 0 N–H and O–H groups in total. The third-order valence-electron chi connectivity index (χ3n) is 13.6. The fraction of sp³-hybridized carbons (Fsp3) is 0.443. The minimum absolute atomic E-state index is 0. The molecule has 4 fully saturated rings. The van der Waals surface area contributed by atoms with Gasteiger partial charge < -0.3 is 37.2 Å². The molecule has 0 saturated carbocycles. The molecule has 14 heteroatoms. The van der Waals surface area contributed by atoms with E-state index in [-0.39, 0.29) is 66.5 Å². The van der Waals surface area contributed by atoms with E-state index in [4.69, 9.17) is 50.1 Å². The van der Waals surface area contributed by atoms with Crippen LogP contribution in [0.2, 0.25) is 0 Å². The van der Waals surface area contributed by atoms with E-state index in [2.05, 4.69) is 232 Å². The number of benzene rings is 2. The number of rotatable bonds is 3. The van der Waals surface area contributed by atoms with Gasteiger partial charge in [0.2, 0.25) is 0 Å². The van der Waals surface area contributed by atoms with Crippen LogP contribution in [0.1, 0.15) is 129 Å². The quantitative estimate of drug-likeness (QED) is 0.223. The molecule has 2 aromatic carbocycles. The highest BCUT2D eigenvalue weighted by molar-refractivity contribution is 9.11. The molecule has 4 aliphatic heterocycles. The molecule has 6 rings (SSSR count). The maximum atomic E-state index is 6.23. The molecule has 0 bridgehead atoms. The van der Waals surface area contributed by atoms with Crippen LogP contribution in [0.4, 0.5) is 0 Å². The van der Waals surface area contributed by atoms with Crippen molar-refractivity contribution in [3.63, 3.8) is 0 Å². The zero-order chi connectivity index (χ0) is 55.8. The molecule has 0 aromatic heterocycles. The molecule has 8 nitrogen and oxygen atoms in total. The van der Waals surface area contributed by atoms with Crippen molar-refractivity contribution < 1.29 is 37.2 Å². The van der Waals surface area contributed by atoms with Gasteiger partial charge in [-0.05, 0) is 248 Å². The van der Waals surface area contributed by atoms with Gasteiger partial charge in [-0.25, -0.2) is 0 Å². The summed E-state index contributed by atoms with van der Waals surface area (Å²) in [5, 5.41) is 0. The number of hydrogen-bond donors (Lipinski definition) is 0. The highest BCUT2D eigenvalue weighted by atomic mass is 79.9. The van der Waals surface area contributed by atoms with Crippen LogP contribution in [-0.4, -0.2) is 73.1 Å². The highest BCUT2D eigenvalue weighted by Gasteiger charge is 2.64. The highest BCUT2D eigenvalue weighted by Crippen LogP contribution is 2.43. The average molecular weight is 1130 g/mol. The predicted molar refractivity (Wildman–Crippen MR) is 316 cm³/mol.